The Morgan fingerprint density at radius 2 is 1.68 bits per heavy atom. The fraction of sp³-hybridized carbons (Fsp3) is 0.409. The lowest BCUT2D eigenvalue weighted by molar-refractivity contribution is 0.260. The van der Waals surface area contributed by atoms with Crippen LogP contribution in [0.5, 0.6) is 0 Å². The highest BCUT2D eigenvalue weighted by atomic mass is 32.2. The van der Waals surface area contributed by atoms with Gasteiger partial charge in [-0.2, -0.15) is 10.6 Å². The summed E-state index contributed by atoms with van der Waals surface area (Å²) >= 11 is 0. The van der Waals surface area contributed by atoms with E-state index in [9.17, 15) is 9.00 Å². The fourth-order valence-corrected chi connectivity index (χ4v) is 5.29. The number of nitrogens with one attached hydrogen (secondary N) is 2. The van der Waals surface area contributed by atoms with Crippen LogP contribution in [0.25, 0.3) is 0 Å². The first-order chi connectivity index (χ1) is 13.7. The summed E-state index contributed by atoms with van der Waals surface area (Å²) in [7, 11) is -1.70. The van der Waals surface area contributed by atoms with Crippen LogP contribution in [-0.2, 0) is 40.5 Å². The maximum absolute atomic E-state index is 12.5. The number of hydrogen-bond donors (Lipinski definition) is 2. The zero-order valence-electron chi connectivity index (χ0n) is 15.8. The lowest BCUT2D eigenvalue weighted by atomic mass is 9.98. The monoisotopic (exact) mass is 394 g/mol. The van der Waals surface area contributed by atoms with Crippen molar-refractivity contribution in [2.75, 3.05) is 11.9 Å². The lowest BCUT2D eigenvalue weighted by Crippen LogP contribution is -2.34. The zero-order chi connectivity index (χ0) is 19.1. The van der Waals surface area contributed by atoms with Gasteiger partial charge in [0.15, 0.2) is 0 Å². The minimum atomic E-state index is -1.70. The molecular weight excluding hydrogens is 370 g/mol. The lowest BCUT2D eigenvalue weighted by Gasteiger charge is -2.28. The normalized spacial score (nSPS) is 21.1. The molecule has 2 amide bonds. The molecule has 146 valence electrons. The molecule has 1 heterocycles. The Balaban J connectivity index is 1.37. The number of amides is 2. The van der Waals surface area contributed by atoms with Gasteiger partial charge in [0.1, 0.15) is 0 Å². The molecule has 2 N–H and O–H groups in total. The third-order valence-electron chi connectivity index (χ3n) is 6.18. The SMILES string of the molecule is O=C(N=[S-](=O)c1ccc([C@H]2CCN2)cc1)Nc1c2c(cc3c1CCC3)CCC2. The van der Waals surface area contributed by atoms with E-state index in [0.29, 0.717) is 10.9 Å². The van der Waals surface area contributed by atoms with Gasteiger partial charge in [0.05, 0.1) is 0 Å². The largest absolute Gasteiger partial charge is 0.439 e. The Labute approximate surface area is 167 Å². The Hall–Kier alpha value is -2.18. The van der Waals surface area contributed by atoms with Crippen molar-refractivity contribution < 1.29 is 9.00 Å². The van der Waals surface area contributed by atoms with Crippen LogP contribution in [0.1, 0.15) is 53.1 Å². The highest BCUT2D eigenvalue weighted by Gasteiger charge is 2.24. The maximum Gasteiger partial charge on any atom is 0.322 e. The minimum Gasteiger partial charge on any atom is -0.439 e. The highest BCUT2D eigenvalue weighted by Crippen LogP contribution is 2.38. The van der Waals surface area contributed by atoms with Crippen LogP contribution >= 0.6 is 0 Å². The van der Waals surface area contributed by atoms with Crippen LogP contribution in [0.3, 0.4) is 0 Å². The van der Waals surface area contributed by atoms with E-state index in [0.717, 1.165) is 57.2 Å². The van der Waals surface area contributed by atoms with Crippen molar-refractivity contribution in [2.45, 2.75) is 55.9 Å². The van der Waals surface area contributed by atoms with Crippen LogP contribution in [0.4, 0.5) is 10.5 Å². The van der Waals surface area contributed by atoms with Gasteiger partial charge in [0.25, 0.3) is 0 Å². The molecule has 0 radical (unpaired) electrons. The van der Waals surface area contributed by atoms with E-state index in [1.54, 1.807) is 12.1 Å². The van der Waals surface area contributed by atoms with Crippen molar-refractivity contribution in [3.05, 3.63) is 58.1 Å². The first kappa shape index (κ1) is 17.9. The molecule has 0 bridgehead atoms. The van der Waals surface area contributed by atoms with Gasteiger partial charge in [-0.15, -0.1) is 0 Å². The second-order valence-corrected chi connectivity index (χ2v) is 9.02. The van der Waals surface area contributed by atoms with Crippen molar-refractivity contribution in [3.63, 3.8) is 0 Å². The van der Waals surface area contributed by atoms with Crippen molar-refractivity contribution in [3.8, 4) is 0 Å². The van der Waals surface area contributed by atoms with Gasteiger partial charge in [0.2, 0.25) is 0 Å². The molecule has 2 aliphatic carbocycles. The van der Waals surface area contributed by atoms with E-state index in [2.05, 4.69) is 21.1 Å². The molecule has 1 saturated heterocycles. The molecule has 6 heteroatoms. The summed E-state index contributed by atoms with van der Waals surface area (Å²) < 4.78 is 16.5. The molecule has 3 aliphatic rings. The van der Waals surface area contributed by atoms with Gasteiger partial charge in [-0.25, -0.2) is 4.79 Å². The van der Waals surface area contributed by atoms with Gasteiger partial charge >= 0.3 is 6.03 Å². The summed E-state index contributed by atoms with van der Waals surface area (Å²) in [5, 5.41) is 6.33. The number of urea groups is 1. The average Bonchev–Trinajstić information content (AvgIpc) is 3.29. The Morgan fingerprint density at radius 3 is 2.25 bits per heavy atom. The molecule has 5 rings (SSSR count). The molecule has 0 unspecified atom stereocenters. The summed E-state index contributed by atoms with van der Waals surface area (Å²) in [4.78, 5) is 13.1. The molecule has 28 heavy (non-hydrogen) atoms. The number of carbonyl (C=O) groups is 1. The van der Waals surface area contributed by atoms with E-state index in [4.69, 9.17) is 0 Å². The van der Waals surface area contributed by atoms with Crippen molar-refractivity contribution in [1.82, 2.24) is 5.32 Å². The van der Waals surface area contributed by atoms with Gasteiger partial charge in [-0.05, 0) is 79.3 Å². The number of carbonyl (C=O) groups excluding carboxylic acids is 1. The van der Waals surface area contributed by atoms with Gasteiger partial charge < -0.3 is 19.2 Å². The smallest absolute Gasteiger partial charge is 0.322 e. The fourth-order valence-electron chi connectivity index (χ4n) is 4.61. The van der Waals surface area contributed by atoms with Crippen LogP contribution in [0.15, 0.2) is 39.6 Å². The average molecular weight is 395 g/mol. The summed E-state index contributed by atoms with van der Waals surface area (Å²) in [6.07, 6.45) is 7.54. The molecule has 2 aromatic carbocycles. The molecule has 0 spiro atoms. The molecule has 0 saturated carbocycles. The van der Waals surface area contributed by atoms with Crippen molar-refractivity contribution in [1.29, 1.82) is 0 Å². The van der Waals surface area contributed by atoms with Crippen LogP contribution < -0.4 is 10.6 Å². The van der Waals surface area contributed by atoms with Crippen LogP contribution in [0, 0.1) is 0 Å². The third-order valence-corrected chi connectivity index (χ3v) is 7.19. The first-order valence-electron chi connectivity index (χ1n) is 10.1. The molecule has 1 aliphatic heterocycles. The van der Waals surface area contributed by atoms with Crippen molar-refractivity contribution >= 4 is 22.3 Å². The van der Waals surface area contributed by atoms with E-state index >= 15 is 0 Å². The van der Waals surface area contributed by atoms with Gasteiger partial charge in [-0.1, -0.05) is 35.2 Å². The molecule has 5 nitrogen and oxygen atoms in total. The summed E-state index contributed by atoms with van der Waals surface area (Å²) in [5.74, 6) is 0. The van der Waals surface area contributed by atoms with Crippen molar-refractivity contribution in [2.24, 2.45) is 4.36 Å². The molecule has 1 atom stereocenters. The second-order valence-electron chi connectivity index (χ2n) is 7.87. The second kappa shape index (κ2) is 7.33. The Bertz CT molecular complexity index is 987. The predicted molar refractivity (Wildman–Crippen MR) is 110 cm³/mol. The third kappa shape index (κ3) is 3.25. The molecule has 0 aromatic heterocycles. The van der Waals surface area contributed by atoms with E-state index in [-0.39, 0.29) is 0 Å². The number of fused-ring (bicyclic) bond motifs is 2. The topological polar surface area (TPSA) is 70.6 Å². The predicted octanol–water partition coefficient (Wildman–Crippen LogP) is 4.44. The zero-order valence-corrected chi connectivity index (χ0v) is 16.6. The molecular formula is C22H24N3O2S-. The Kier molecular flexibility index (Phi) is 4.69. The maximum atomic E-state index is 12.5. The Morgan fingerprint density at radius 1 is 1.04 bits per heavy atom. The van der Waals surface area contributed by atoms with E-state index in [1.165, 1.54) is 27.8 Å². The highest BCUT2D eigenvalue weighted by molar-refractivity contribution is 7.75. The first-order valence-corrected chi connectivity index (χ1v) is 11.2. The van der Waals surface area contributed by atoms with E-state index in [1.807, 2.05) is 12.1 Å². The number of aryl methyl sites for hydroxylation is 2. The minimum absolute atomic E-state index is 0.394. The number of rotatable bonds is 3. The molecule has 2 aromatic rings. The number of anilines is 1. The van der Waals surface area contributed by atoms with Gasteiger partial charge in [-0.3, -0.25) is 0 Å². The van der Waals surface area contributed by atoms with Crippen LogP contribution in [0.2, 0.25) is 0 Å². The standard InChI is InChI=1S/C22H24N3O2S/c26-22(25-28(27)17-9-7-14(8-10-17)20-11-12-23-20)24-21-18-5-1-3-15(18)13-16-4-2-6-19(16)21/h7-10,13,20,23H,1-6,11-12H2,(H,24,26)/q-1/t20-/m1/s1. The summed E-state index contributed by atoms with van der Waals surface area (Å²) in [5.41, 5.74) is 7.36. The van der Waals surface area contributed by atoms with E-state index < -0.39 is 16.6 Å². The van der Waals surface area contributed by atoms with Crippen LogP contribution in [-0.4, -0.2) is 12.6 Å². The summed E-state index contributed by atoms with van der Waals surface area (Å²) in [6, 6.07) is 9.75. The number of nitrogens with zero attached hydrogens (tertiary/aromatic N) is 1. The molecule has 1 fully saturated rings. The van der Waals surface area contributed by atoms with Gasteiger partial charge in [0, 0.05) is 11.7 Å². The number of hydrogen-bond acceptors (Lipinski definition) is 4. The quantitative estimate of drug-likeness (QED) is 0.756. The number of benzene rings is 2. The summed E-state index contributed by atoms with van der Waals surface area (Å²) in [6.45, 7) is 1.04.